The molecule has 8 heteroatoms. The Hall–Kier alpha value is -2.48. The Balaban J connectivity index is 1.77. The molecule has 0 aliphatic carbocycles. The van der Waals surface area contributed by atoms with Crippen LogP contribution in [0.1, 0.15) is 35.1 Å². The molecule has 3 rings (SSSR count). The maximum Gasteiger partial charge on any atom is 0.270 e. The van der Waals surface area contributed by atoms with E-state index in [-0.39, 0.29) is 29.1 Å². The zero-order chi connectivity index (χ0) is 19.4. The summed E-state index contributed by atoms with van der Waals surface area (Å²) < 4.78 is 23.6. The van der Waals surface area contributed by atoms with Crippen molar-refractivity contribution >= 4 is 21.7 Å². The number of aromatic nitrogens is 2. The minimum Gasteiger partial charge on any atom is -0.347 e. The second kappa shape index (κ2) is 8.04. The largest absolute Gasteiger partial charge is 0.347 e. The molecule has 0 saturated carbocycles. The molecule has 7 nitrogen and oxygen atoms in total. The van der Waals surface area contributed by atoms with Crippen LogP contribution >= 0.6 is 0 Å². The highest BCUT2D eigenvalue weighted by Gasteiger charge is 2.33. The maximum absolute atomic E-state index is 12.5. The smallest absolute Gasteiger partial charge is 0.270 e. The molecule has 1 aromatic heterocycles. The van der Waals surface area contributed by atoms with Gasteiger partial charge in [0, 0.05) is 24.8 Å². The molecule has 27 heavy (non-hydrogen) atoms. The van der Waals surface area contributed by atoms with E-state index < -0.39 is 9.84 Å². The Morgan fingerprint density at radius 2 is 2.00 bits per heavy atom. The van der Waals surface area contributed by atoms with Gasteiger partial charge in [0.2, 0.25) is 5.95 Å². The summed E-state index contributed by atoms with van der Waals surface area (Å²) in [5, 5.41) is 2.87. The average molecular weight is 388 g/mol. The van der Waals surface area contributed by atoms with Crippen molar-refractivity contribution in [3.8, 4) is 0 Å². The fraction of sp³-hybridized carbons (Fsp3) is 0.421. The van der Waals surface area contributed by atoms with E-state index in [1.54, 1.807) is 13.0 Å². The van der Waals surface area contributed by atoms with E-state index in [4.69, 9.17) is 0 Å². The number of sulfone groups is 1. The van der Waals surface area contributed by atoms with Crippen molar-refractivity contribution in [2.24, 2.45) is 0 Å². The molecule has 1 fully saturated rings. The standard InChI is InChI=1S/C19H24N4O3S/c1-3-23(16-9-10-27(25,26)13-16)19-21-14(2)11-17(22-19)18(24)20-12-15-7-5-4-6-8-15/h4-8,11,16H,3,9-10,12-13H2,1-2H3,(H,20,24). The fourth-order valence-electron chi connectivity index (χ4n) is 3.25. The van der Waals surface area contributed by atoms with Crippen molar-refractivity contribution in [3.05, 3.63) is 53.3 Å². The summed E-state index contributed by atoms with van der Waals surface area (Å²) in [5.74, 6) is 0.420. The molecule has 0 spiro atoms. The number of benzene rings is 1. The Morgan fingerprint density at radius 1 is 1.26 bits per heavy atom. The molecule has 1 atom stereocenters. The van der Waals surface area contributed by atoms with E-state index in [0.29, 0.717) is 31.2 Å². The third kappa shape index (κ3) is 4.82. The van der Waals surface area contributed by atoms with Gasteiger partial charge in [-0.25, -0.2) is 18.4 Å². The first-order valence-electron chi connectivity index (χ1n) is 9.03. The van der Waals surface area contributed by atoms with Crippen molar-refractivity contribution in [2.75, 3.05) is 23.0 Å². The number of nitrogens with one attached hydrogen (secondary N) is 1. The van der Waals surface area contributed by atoms with Crippen molar-refractivity contribution < 1.29 is 13.2 Å². The molecule has 1 amide bonds. The minimum atomic E-state index is -3.01. The van der Waals surface area contributed by atoms with Crippen LogP contribution in [0, 0.1) is 6.92 Å². The lowest BCUT2D eigenvalue weighted by atomic mass is 10.2. The highest BCUT2D eigenvalue weighted by Crippen LogP contribution is 2.22. The highest BCUT2D eigenvalue weighted by molar-refractivity contribution is 7.91. The zero-order valence-corrected chi connectivity index (χ0v) is 16.4. The van der Waals surface area contributed by atoms with Crippen molar-refractivity contribution in [2.45, 2.75) is 32.9 Å². The van der Waals surface area contributed by atoms with Gasteiger partial charge in [0.1, 0.15) is 5.69 Å². The number of carbonyl (C=O) groups excluding carboxylic acids is 1. The van der Waals surface area contributed by atoms with Gasteiger partial charge in [0.25, 0.3) is 5.91 Å². The van der Waals surface area contributed by atoms with Crippen LogP contribution < -0.4 is 10.2 Å². The minimum absolute atomic E-state index is 0.105. The molecule has 1 saturated heterocycles. The Kier molecular flexibility index (Phi) is 5.74. The summed E-state index contributed by atoms with van der Waals surface area (Å²) in [7, 11) is -3.01. The monoisotopic (exact) mass is 388 g/mol. The number of hydrogen-bond acceptors (Lipinski definition) is 6. The van der Waals surface area contributed by atoms with E-state index in [9.17, 15) is 13.2 Å². The van der Waals surface area contributed by atoms with Gasteiger partial charge in [-0.2, -0.15) is 0 Å². The highest BCUT2D eigenvalue weighted by atomic mass is 32.2. The lowest BCUT2D eigenvalue weighted by Crippen LogP contribution is -2.38. The first kappa shape index (κ1) is 19.3. The number of anilines is 1. The van der Waals surface area contributed by atoms with Gasteiger partial charge in [0.05, 0.1) is 11.5 Å². The van der Waals surface area contributed by atoms with E-state index >= 15 is 0 Å². The number of carbonyl (C=O) groups is 1. The summed E-state index contributed by atoms with van der Waals surface area (Å²) in [6, 6.07) is 11.1. The Morgan fingerprint density at radius 3 is 2.63 bits per heavy atom. The van der Waals surface area contributed by atoms with Crippen LogP contribution in [0.4, 0.5) is 5.95 Å². The lowest BCUT2D eigenvalue weighted by molar-refractivity contribution is 0.0945. The van der Waals surface area contributed by atoms with Crippen molar-refractivity contribution in [1.82, 2.24) is 15.3 Å². The third-order valence-corrected chi connectivity index (χ3v) is 6.37. The predicted molar refractivity (Wildman–Crippen MR) is 104 cm³/mol. The van der Waals surface area contributed by atoms with Gasteiger partial charge in [-0.05, 0) is 31.9 Å². The second-order valence-corrected chi connectivity index (χ2v) is 8.93. The van der Waals surface area contributed by atoms with E-state index in [2.05, 4.69) is 15.3 Å². The molecule has 1 N–H and O–H groups in total. The summed E-state index contributed by atoms with van der Waals surface area (Å²) in [5.41, 5.74) is 1.96. The van der Waals surface area contributed by atoms with Crippen LogP contribution in [-0.4, -0.2) is 48.4 Å². The number of amides is 1. The summed E-state index contributed by atoms with van der Waals surface area (Å²) in [6.45, 7) is 4.73. The molecule has 1 aromatic carbocycles. The molecular formula is C19H24N4O3S. The van der Waals surface area contributed by atoms with Crippen LogP contribution in [0.15, 0.2) is 36.4 Å². The summed E-state index contributed by atoms with van der Waals surface area (Å²) in [6.07, 6.45) is 0.559. The van der Waals surface area contributed by atoms with Gasteiger partial charge in [0.15, 0.2) is 9.84 Å². The summed E-state index contributed by atoms with van der Waals surface area (Å²) >= 11 is 0. The first-order valence-corrected chi connectivity index (χ1v) is 10.8. The molecule has 1 aliphatic rings. The fourth-order valence-corrected chi connectivity index (χ4v) is 4.98. The van der Waals surface area contributed by atoms with Crippen molar-refractivity contribution in [1.29, 1.82) is 0 Å². The Labute approximate surface area is 159 Å². The molecule has 1 unspecified atom stereocenters. The number of hydrogen-bond donors (Lipinski definition) is 1. The molecular weight excluding hydrogens is 364 g/mol. The average Bonchev–Trinajstić information content (AvgIpc) is 3.00. The topological polar surface area (TPSA) is 92.3 Å². The van der Waals surface area contributed by atoms with Crippen LogP contribution in [0.5, 0.6) is 0 Å². The molecule has 144 valence electrons. The van der Waals surface area contributed by atoms with Gasteiger partial charge in [-0.1, -0.05) is 30.3 Å². The van der Waals surface area contributed by atoms with Crippen molar-refractivity contribution in [3.63, 3.8) is 0 Å². The third-order valence-electron chi connectivity index (χ3n) is 4.62. The number of aryl methyl sites for hydroxylation is 1. The van der Waals surface area contributed by atoms with Crippen LogP contribution in [0.2, 0.25) is 0 Å². The van der Waals surface area contributed by atoms with Gasteiger partial charge in [-0.3, -0.25) is 4.79 Å². The van der Waals surface area contributed by atoms with Gasteiger partial charge >= 0.3 is 0 Å². The van der Waals surface area contributed by atoms with E-state index in [1.165, 1.54) is 0 Å². The van der Waals surface area contributed by atoms with Crippen LogP contribution in [0.25, 0.3) is 0 Å². The molecule has 2 heterocycles. The number of nitrogens with zero attached hydrogens (tertiary/aromatic N) is 3. The zero-order valence-electron chi connectivity index (χ0n) is 15.6. The quantitative estimate of drug-likeness (QED) is 0.810. The summed E-state index contributed by atoms with van der Waals surface area (Å²) in [4.78, 5) is 23.3. The predicted octanol–water partition coefficient (Wildman–Crippen LogP) is 1.73. The Bertz CT molecular complexity index is 916. The maximum atomic E-state index is 12.5. The van der Waals surface area contributed by atoms with Crippen LogP contribution in [0.3, 0.4) is 0 Å². The molecule has 1 aliphatic heterocycles. The van der Waals surface area contributed by atoms with Crippen LogP contribution in [-0.2, 0) is 16.4 Å². The SMILES string of the molecule is CCN(c1nc(C)cc(C(=O)NCc2ccccc2)n1)C1CCS(=O)(=O)C1. The normalized spacial score (nSPS) is 18.2. The molecule has 0 radical (unpaired) electrons. The van der Waals surface area contributed by atoms with Gasteiger partial charge in [-0.15, -0.1) is 0 Å². The van der Waals surface area contributed by atoms with E-state index in [0.717, 1.165) is 5.56 Å². The second-order valence-electron chi connectivity index (χ2n) is 6.71. The first-order chi connectivity index (χ1) is 12.9. The molecule has 2 aromatic rings. The lowest BCUT2D eigenvalue weighted by Gasteiger charge is -2.27. The van der Waals surface area contributed by atoms with Gasteiger partial charge < -0.3 is 10.2 Å². The number of rotatable bonds is 6. The van der Waals surface area contributed by atoms with E-state index in [1.807, 2.05) is 42.2 Å². The molecule has 0 bridgehead atoms.